The molecule has 1 saturated heterocycles. The minimum absolute atomic E-state index is 0.0782. The summed E-state index contributed by atoms with van der Waals surface area (Å²) in [5.74, 6) is -0.339. The molecule has 1 aliphatic rings. The second-order valence-electron chi connectivity index (χ2n) is 4.59. The Morgan fingerprint density at radius 2 is 2.33 bits per heavy atom. The lowest BCUT2D eigenvalue weighted by atomic mass is 10.1. The van der Waals surface area contributed by atoms with E-state index in [1.807, 2.05) is 0 Å². The maximum atomic E-state index is 14.2. The van der Waals surface area contributed by atoms with Crippen LogP contribution in [0.25, 0.3) is 0 Å². The lowest BCUT2D eigenvalue weighted by Crippen LogP contribution is -2.32. The van der Waals surface area contributed by atoms with E-state index in [0.29, 0.717) is 17.7 Å². The normalized spacial score (nSPS) is 20.2. The van der Waals surface area contributed by atoms with Crippen LogP contribution in [0, 0.1) is 5.82 Å². The van der Waals surface area contributed by atoms with Gasteiger partial charge >= 0.3 is 0 Å². The highest BCUT2D eigenvalue weighted by Gasteiger charge is 2.24. The second-order valence-corrected chi connectivity index (χ2v) is 5.03. The predicted octanol–water partition coefficient (Wildman–Crippen LogP) is 1.42. The molecule has 0 bridgehead atoms. The molecule has 18 heavy (non-hydrogen) atoms. The van der Waals surface area contributed by atoms with Gasteiger partial charge in [-0.1, -0.05) is 24.4 Å². The summed E-state index contributed by atoms with van der Waals surface area (Å²) < 4.78 is 14.2. The van der Waals surface area contributed by atoms with E-state index in [4.69, 9.17) is 18.0 Å². The molecule has 0 spiro atoms. The van der Waals surface area contributed by atoms with Gasteiger partial charge in [0.2, 0.25) is 0 Å². The summed E-state index contributed by atoms with van der Waals surface area (Å²) in [4.78, 5) is 2.18. The maximum Gasteiger partial charge on any atom is 0.137 e. The van der Waals surface area contributed by atoms with Crippen LogP contribution >= 0.6 is 12.2 Å². The first kappa shape index (κ1) is 13.4. The molecule has 2 rings (SSSR count). The highest BCUT2D eigenvalue weighted by Crippen LogP contribution is 2.22. The third-order valence-electron chi connectivity index (χ3n) is 3.43. The molecule has 0 radical (unpaired) electrons. The van der Waals surface area contributed by atoms with Crippen LogP contribution < -0.4 is 5.73 Å². The fourth-order valence-corrected chi connectivity index (χ4v) is 2.58. The smallest absolute Gasteiger partial charge is 0.137 e. The van der Waals surface area contributed by atoms with Gasteiger partial charge in [-0.05, 0) is 25.5 Å². The topological polar surface area (TPSA) is 49.5 Å². The Bertz CT molecular complexity index is 453. The quantitative estimate of drug-likeness (QED) is 0.811. The Balaban J connectivity index is 2.19. The van der Waals surface area contributed by atoms with E-state index in [0.717, 1.165) is 19.4 Å². The highest BCUT2D eigenvalue weighted by molar-refractivity contribution is 7.80. The predicted molar refractivity (Wildman–Crippen MR) is 72.8 cm³/mol. The number of nitrogens with zero attached hydrogens (tertiary/aromatic N) is 1. The monoisotopic (exact) mass is 268 g/mol. The molecular formula is C13H17FN2OS. The number of aliphatic hydroxyl groups is 1. The molecule has 3 nitrogen and oxygen atoms in total. The molecule has 1 aromatic carbocycles. The first-order valence-corrected chi connectivity index (χ1v) is 6.46. The minimum Gasteiger partial charge on any atom is -0.395 e. The van der Waals surface area contributed by atoms with Crippen molar-refractivity contribution in [3.8, 4) is 0 Å². The fraction of sp³-hybridized carbons (Fsp3) is 0.462. The Morgan fingerprint density at radius 3 is 3.00 bits per heavy atom. The van der Waals surface area contributed by atoms with Crippen molar-refractivity contribution in [2.45, 2.75) is 25.4 Å². The number of thiocarbonyl (C=S) groups is 1. The first-order valence-electron chi connectivity index (χ1n) is 6.05. The van der Waals surface area contributed by atoms with Gasteiger partial charge in [-0.15, -0.1) is 0 Å². The number of nitrogens with two attached hydrogens (primary N) is 1. The summed E-state index contributed by atoms with van der Waals surface area (Å²) >= 11 is 4.82. The van der Waals surface area contributed by atoms with Crippen molar-refractivity contribution in [2.24, 2.45) is 5.73 Å². The van der Waals surface area contributed by atoms with E-state index in [1.165, 1.54) is 0 Å². The fourth-order valence-electron chi connectivity index (χ4n) is 2.42. The molecule has 1 aliphatic heterocycles. The Kier molecular flexibility index (Phi) is 4.27. The molecule has 0 aliphatic carbocycles. The molecule has 1 aromatic rings. The van der Waals surface area contributed by atoms with Crippen molar-refractivity contribution in [3.05, 3.63) is 35.1 Å². The van der Waals surface area contributed by atoms with Crippen LogP contribution in [-0.4, -0.2) is 34.2 Å². The van der Waals surface area contributed by atoms with E-state index < -0.39 is 0 Å². The van der Waals surface area contributed by atoms with Gasteiger partial charge in [0.1, 0.15) is 10.8 Å². The molecule has 1 unspecified atom stereocenters. The van der Waals surface area contributed by atoms with E-state index in [9.17, 15) is 9.50 Å². The van der Waals surface area contributed by atoms with Crippen molar-refractivity contribution in [1.29, 1.82) is 0 Å². The maximum absolute atomic E-state index is 14.2. The zero-order chi connectivity index (χ0) is 13.1. The lowest BCUT2D eigenvalue weighted by Gasteiger charge is -2.23. The number of halogens is 1. The first-order chi connectivity index (χ1) is 8.63. The van der Waals surface area contributed by atoms with Gasteiger partial charge in [0, 0.05) is 23.7 Å². The summed E-state index contributed by atoms with van der Waals surface area (Å²) in [5, 5.41) is 9.25. The molecular weight excluding hydrogens is 251 g/mol. The summed E-state index contributed by atoms with van der Waals surface area (Å²) in [6.07, 6.45) is 2.01. The molecule has 0 saturated carbocycles. The van der Waals surface area contributed by atoms with Crippen LogP contribution in [0.2, 0.25) is 0 Å². The van der Waals surface area contributed by atoms with Crippen molar-refractivity contribution in [1.82, 2.24) is 4.90 Å². The van der Waals surface area contributed by atoms with Gasteiger partial charge in [-0.3, -0.25) is 4.90 Å². The van der Waals surface area contributed by atoms with Crippen LogP contribution in [0.5, 0.6) is 0 Å². The highest BCUT2D eigenvalue weighted by atomic mass is 32.1. The molecule has 1 fully saturated rings. The average molecular weight is 268 g/mol. The second kappa shape index (κ2) is 5.73. The van der Waals surface area contributed by atoms with E-state index >= 15 is 0 Å². The third kappa shape index (κ3) is 2.68. The van der Waals surface area contributed by atoms with Gasteiger partial charge in [-0.2, -0.15) is 0 Å². The van der Waals surface area contributed by atoms with Gasteiger partial charge < -0.3 is 10.8 Å². The van der Waals surface area contributed by atoms with Gasteiger partial charge in [-0.25, -0.2) is 4.39 Å². The minimum atomic E-state index is -0.339. The van der Waals surface area contributed by atoms with Crippen molar-refractivity contribution in [3.63, 3.8) is 0 Å². The number of rotatable bonds is 4. The molecule has 0 amide bonds. The van der Waals surface area contributed by atoms with Crippen LogP contribution in [0.1, 0.15) is 24.0 Å². The zero-order valence-electron chi connectivity index (χ0n) is 10.1. The van der Waals surface area contributed by atoms with Crippen molar-refractivity contribution >= 4 is 17.2 Å². The molecule has 0 aromatic heterocycles. The Labute approximate surface area is 111 Å². The standard InChI is InChI=1S/C13H17FN2OS/c14-12-9(3-1-5-11(12)13(15)18)7-16-6-2-4-10(16)8-17/h1,3,5,10,17H,2,4,6-8H2,(H2,15,18). The number of likely N-dealkylation sites (tertiary alicyclic amines) is 1. The lowest BCUT2D eigenvalue weighted by molar-refractivity contribution is 0.152. The van der Waals surface area contributed by atoms with Crippen LogP contribution in [0.15, 0.2) is 18.2 Å². The largest absolute Gasteiger partial charge is 0.395 e. The molecule has 1 heterocycles. The van der Waals surface area contributed by atoms with E-state index in [1.54, 1.807) is 18.2 Å². The van der Waals surface area contributed by atoms with Crippen molar-refractivity contribution < 1.29 is 9.50 Å². The van der Waals surface area contributed by atoms with E-state index in [-0.39, 0.29) is 23.5 Å². The average Bonchev–Trinajstić information content (AvgIpc) is 2.78. The summed E-state index contributed by atoms with van der Waals surface area (Å²) in [6.45, 7) is 1.51. The zero-order valence-corrected chi connectivity index (χ0v) is 10.9. The molecule has 1 atom stereocenters. The summed E-state index contributed by atoms with van der Waals surface area (Å²) in [6, 6.07) is 5.23. The summed E-state index contributed by atoms with van der Waals surface area (Å²) in [7, 11) is 0. The van der Waals surface area contributed by atoms with Gasteiger partial charge in [0.25, 0.3) is 0 Å². The Morgan fingerprint density at radius 1 is 1.56 bits per heavy atom. The van der Waals surface area contributed by atoms with Crippen LogP contribution in [0.4, 0.5) is 4.39 Å². The number of aliphatic hydroxyl groups excluding tert-OH is 1. The van der Waals surface area contributed by atoms with E-state index in [2.05, 4.69) is 4.90 Å². The molecule has 98 valence electrons. The van der Waals surface area contributed by atoms with Gasteiger partial charge in [0.15, 0.2) is 0 Å². The molecule has 5 heteroatoms. The Hall–Kier alpha value is -1.04. The van der Waals surface area contributed by atoms with Gasteiger partial charge in [0.05, 0.1) is 6.61 Å². The number of hydrogen-bond donors (Lipinski definition) is 2. The van der Waals surface area contributed by atoms with Crippen LogP contribution in [-0.2, 0) is 6.54 Å². The number of hydrogen-bond acceptors (Lipinski definition) is 3. The summed E-state index contributed by atoms with van der Waals surface area (Å²) in [5.41, 5.74) is 6.36. The SMILES string of the molecule is NC(=S)c1cccc(CN2CCCC2CO)c1F. The van der Waals surface area contributed by atoms with Crippen LogP contribution in [0.3, 0.4) is 0 Å². The van der Waals surface area contributed by atoms with Crippen molar-refractivity contribution in [2.75, 3.05) is 13.2 Å². The molecule has 3 N–H and O–H groups in total. The number of benzene rings is 1. The third-order valence-corrected chi connectivity index (χ3v) is 3.65.